The van der Waals surface area contributed by atoms with E-state index in [2.05, 4.69) is 10.6 Å². The number of amides is 2. The monoisotopic (exact) mass is 343 g/mol. The molecule has 3 rings (SSSR count). The average molecular weight is 343 g/mol. The molecule has 1 aromatic heterocycles. The van der Waals surface area contributed by atoms with Crippen molar-refractivity contribution in [3.8, 4) is 0 Å². The molecule has 0 bridgehead atoms. The Morgan fingerprint density at radius 1 is 1.25 bits per heavy atom. The summed E-state index contributed by atoms with van der Waals surface area (Å²) in [6.07, 6.45) is 3.16. The molecule has 1 atom stereocenters. The van der Waals surface area contributed by atoms with Gasteiger partial charge >= 0.3 is 5.97 Å². The van der Waals surface area contributed by atoms with Crippen LogP contribution in [0.25, 0.3) is 17.0 Å². The van der Waals surface area contributed by atoms with Crippen LogP contribution in [-0.4, -0.2) is 32.6 Å². The van der Waals surface area contributed by atoms with Crippen LogP contribution in [0.1, 0.15) is 18.5 Å². The number of rotatable bonds is 3. The summed E-state index contributed by atoms with van der Waals surface area (Å²) >= 11 is 4.75. The summed E-state index contributed by atoms with van der Waals surface area (Å²) in [6.45, 7) is 1.59. The number of carbonyl (C=O) groups is 3. The van der Waals surface area contributed by atoms with Crippen molar-refractivity contribution >= 4 is 52.1 Å². The van der Waals surface area contributed by atoms with Gasteiger partial charge in [-0.1, -0.05) is 6.07 Å². The van der Waals surface area contributed by atoms with E-state index in [1.807, 2.05) is 0 Å². The zero-order valence-electron chi connectivity index (χ0n) is 12.6. The van der Waals surface area contributed by atoms with Gasteiger partial charge in [-0.25, -0.2) is 4.79 Å². The smallest absolute Gasteiger partial charge is 0.326 e. The Kier molecular flexibility index (Phi) is 3.90. The van der Waals surface area contributed by atoms with Crippen molar-refractivity contribution in [3.63, 3.8) is 0 Å². The second-order valence-electron chi connectivity index (χ2n) is 5.35. The number of aromatic nitrogens is 1. The third-order valence-corrected chi connectivity index (χ3v) is 3.98. The summed E-state index contributed by atoms with van der Waals surface area (Å²) in [5, 5.41) is 14.7. The van der Waals surface area contributed by atoms with Crippen molar-refractivity contribution in [2.24, 2.45) is 0 Å². The first kappa shape index (κ1) is 15.9. The number of nitrogens with one attached hydrogen (secondary N) is 2. The summed E-state index contributed by atoms with van der Waals surface area (Å²) in [5.41, 5.74) is 1.36. The van der Waals surface area contributed by atoms with Gasteiger partial charge in [0.25, 0.3) is 11.8 Å². The summed E-state index contributed by atoms with van der Waals surface area (Å²) in [4.78, 5) is 34.8. The average Bonchev–Trinajstić information content (AvgIpc) is 2.93. The van der Waals surface area contributed by atoms with E-state index in [-0.39, 0.29) is 10.7 Å². The standard InChI is InChI=1S/C16H13N3O4S/c1-8(15(22)23)19-5-4-10-6-9(2-3-12(10)19)7-11-13(20)17-16(24)18-14(11)21/h2-8H,1H3,(H,22,23)(H2,17,18,20,21,24)/t8-/m1/s1. The molecule has 1 aliphatic rings. The maximum absolute atomic E-state index is 11.9. The maximum Gasteiger partial charge on any atom is 0.326 e. The van der Waals surface area contributed by atoms with Gasteiger partial charge in [0.1, 0.15) is 11.6 Å². The van der Waals surface area contributed by atoms with Crippen LogP contribution in [0.3, 0.4) is 0 Å². The molecule has 1 aliphatic heterocycles. The molecule has 122 valence electrons. The fourth-order valence-electron chi connectivity index (χ4n) is 2.50. The first-order valence-electron chi connectivity index (χ1n) is 7.08. The lowest BCUT2D eigenvalue weighted by Gasteiger charge is -2.16. The Balaban J connectivity index is 1.99. The number of carboxylic acids is 1. The zero-order valence-corrected chi connectivity index (χ0v) is 13.4. The van der Waals surface area contributed by atoms with Crippen molar-refractivity contribution in [2.45, 2.75) is 13.0 Å². The molecular formula is C16H13N3O4S. The Morgan fingerprint density at radius 2 is 1.92 bits per heavy atom. The number of fused-ring (bicyclic) bond motifs is 1. The molecule has 0 spiro atoms. The van der Waals surface area contributed by atoms with E-state index in [1.54, 1.807) is 42.0 Å². The van der Waals surface area contributed by atoms with Crippen LogP contribution in [0, 0.1) is 0 Å². The lowest BCUT2D eigenvalue weighted by Crippen LogP contribution is -2.51. The van der Waals surface area contributed by atoms with E-state index < -0.39 is 23.8 Å². The first-order chi connectivity index (χ1) is 11.4. The minimum Gasteiger partial charge on any atom is -0.480 e. The highest BCUT2D eigenvalue weighted by atomic mass is 32.1. The van der Waals surface area contributed by atoms with Gasteiger partial charge in [-0.3, -0.25) is 20.2 Å². The molecular weight excluding hydrogens is 330 g/mol. The minimum atomic E-state index is -0.926. The summed E-state index contributed by atoms with van der Waals surface area (Å²) in [7, 11) is 0. The Morgan fingerprint density at radius 3 is 2.54 bits per heavy atom. The van der Waals surface area contributed by atoms with Gasteiger partial charge in [-0.05, 0) is 49.0 Å². The van der Waals surface area contributed by atoms with Crippen molar-refractivity contribution < 1.29 is 19.5 Å². The lowest BCUT2D eigenvalue weighted by atomic mass is 10.1. The van der Waals surface area contributed by atoms with Crippen molar-refractivity contribution in [1.29, 1.82) is 0 Å². The fourth-order valence-corrected chi connectivity index (χ4v) is 2.69. The van der Waals surface area contributed by atoms with Crippen LogP contribution >= 0.6 is 12.2 Å². The molecule has 3 N–H and O–H groups in total. The van der Waals surface area contributed by atoms with Gasteiger partial charge in [-0.2, -0.15) is 0 Å². The van der Waals surface area contributed by atoms with Crippen LogP contribution in [0.5, 0.6) is 0 Å². The molecule has 7 nitrogen and oxygen atoms in total. The molecule has 1 fully saturated rings. The number of carboxylic acid groups (broad SMARTS) is 1. The normalized spacial score (nSPS) is 15.9. The van der Waals surface area contributed by atoms with Gasteiger partial charge < -0.3 is 9.67 Å². The quantitative estimate of drug-likeness (QED) is 0.442. The molecule has 2 aromatic rings. The van der Waals surface area contributed by atoms with Crippen molar-refractivity contribution in [3.05, 3.63) is 41.6 Å². The van der Waals surface area contributed by atoms with Gasteiger partial charge in [0.15, 0.2) is 5.11 Å². The summed E-state index contributed by atoms with van der Waals surface area (Å²) in [5.74, 6) is -2.04. The SMILES string of the molecule is C[C@H](C(=O)O)n1ccc2cc(C=C3C(=O)NC(=S)NC3=O)ccc21. The molecule has 2 heterocycles. The van der Waals surface area contributed by atoms with Gasteiger partial charge in [0.2, 0.25) is 0 Å². The molecule has 0 radical (unpaired) electrons. The molecule has 0 saturated carbocycles. The molecule has 0 unspecified atom stereocenters. The van der Waals surface area contributed by atoms with Crippen LogP contribution in [0.2, 0.25) is 0 Å². The highest BCUT2D eigenvalue weighted by Crippen LogP contribution is 2.23. The predicted octanol–water partition coefficient (Wildman–Crippen LogP) is 1.20. The first-order valence-corrected chi connectivity index (χ1v) is 7.49. The van der Waals surface area contributed by atoms with Crippen LogP contribution < -0.4 is 10.6 Å². The summed E-state index contributed by atoms with van der Waals surface area (Å²) < 4.78 is 1.65. The van der Waals surface area contributed by atoms with Crippen LogP contribution in [0.15, 0.2) is 36.0 Å². The highest BCUT2D eigenvalue weighted by Gasteiger charge is 2.25. The molecule has 1 aromatic carbocycles. The summed E-state index contributed by atoms with van der Waals surface area (Å²) in [6, 6.07) is 6.34. The second kappa shape index (κ2) is 5.89. The highest BCUT2D eigenvalue weighted by molar-refractivity contribution is 7.80. The van der Waals surface area contributed by atoms with E-state index in [9.17, 15) is 14.4 Å². The molecule has 0 aliphatic carbocycles. The number of benzene rings is 1. The second-order valence-corrected chi connectivity index (χ2v) is 5.76. The number of hydrogen-bond donors (Lipinski definition) is 3. The topological polar surface area (TPSA) is 100 Å². The third kappa shape index (κ3) is 2.79. The predicted molar refractivity (Wildman–Crippen MR) is 91.1 cm³/mol. The van der Waals surface area contributed by atoms with E-state index in [0.29, 0.717) is 5.56 Å². The maximum atomic E-state index is 11.9. The Hall–Kier alpha value is -3.00. The number of carbonyl (C=O) groups excluding carboxylic acids is 2. The van der Waals surface area contributed by atoms with Crippen molar-refractivity contribution in [2.75, 3.05) is 0 Å². The molecule has 8 heteroatoms. The van der Waals surface area contributed by atoms with E-state index in [0.717, 1.165) is 10.9 Å². The van der Waals surface area contributed by atoms with Crippen LogP contribution in [0.4, 0.5) is 0 Å². The molecule has 1 saturated heterocycles. The Labute approximate surface area is 141 Å². The van der Waals surface area contributed by atoms with Crippen LogP contribution in [-0.2, 0) is 14.4 Å². The third-order valence-electron chi connectivity index (χ3n) is 3.77. The number of aliphatic carboxylic acids is 1. The number of thiocarbonyl (C=S) groups is 1. The van der Waals surface area contributed by atoms with Gasteiger partial charge in [0.05, 0.1) is 0 Å². The van der Waals surface area contributed by atoms with Crippen molar-refractivity contribution in [1.82, 2.24) is 15.2 Å². The lowest BCUT2D eigenvalue weighted by molar-refractivity contribution is -0.140. The Bertz CT molecular complexity index is 907. The van der Waals surface area contributed by atoms with Gasteiger partial charge in [0, 0.05) is 17.1 Å². The van der Waals surface area contributed by atoms with E-state index in [1.165, 1.54) is 6.08 Å². The van der Waals surface area contributed by atoms with E-state index in [4.69, 9.17) is 17.3 Å². The minimum absolute atomic E-state index is 0.0164. The van der Waals surface area contributed by atoms with Gasteiger partial charge in [-0.15, -0.1) is 0 Å². The molecule has 24 heavy (non-hydrogen) atoms. The fraction of sp³-hybridized carbons (Fsp3) is 0.125. The zero-order chi connectivity index (χ0) is 17.4. The number of hydrogen-bond acceptors (Lipinski definition) is 4. The largest absolute Gasteiger partial charge is 0.480 e. The molecule has 2 amide bonds. The number of nitrogens with zero attached hydrogens (tertiary/aromatic N) is 1. The van der Waals surface area contributed by atoms with E-state index >= 15 is 0 Å².